The zero-order chi connectivity index (χ0) is 20.1. The highest BCUT2D eigenvalue weighted by atomic mass is 32.1. The van der Waals surface area contributed by atoms with Crippen LogP contribution in [0, 0.1) is 19.8 Å². The SMILES string of the molecule is Cc1nc(C2CC2)nc2sc(C(=O)Nc3ccc(N4CCC(C)C4)cc3)c(C)c12. The molecular weight excluding hydrogens is 380 g/mol. The van der Waals surface area contributed by atoms with Crippen molar-refractivity contribution in [3.05, 3.63) is 46.2 Å². The highest BCUT2D eigenvalue weighted by Gasteiger charge is 2.28. The van der Waals surface area contributed by atoms with Crippen LogP contribution in [-0.4, -0.2) is 29.0 Å². The van der Waals surface area contributed by atoms with E-state index in [1.165, 1.54) is 36.3 Å². The number of anilines is 2. The fourth-order valence-corrected chi connectivity index (χ4v) is 5.35. The number of fused-ring (bicyclic) bond motifs is 1. The smallest absolute Gasteiger partial charge is 0.266 e. The summed E-state index contributed by atoms with van der Waals surface area (Å²) < 4.78 is 0. The summed E-state index contributed by atoms with van der Waals surface area (Å²) in [7, 11) is 0. The maximum atomic E-state index is 13.0. The second-order valence-electron chi connectivity index (χ2n) is 8.52. The molecule has 29 heavy (non-hydrogen) atoms. The first-order valence-electron chi connectivity index (χ1n) is 10.4. The monoisotopic (exact) mass is 406 g/mol. The van der Waals surface area contributed by atoms with Crippen LogP contribution < -0.4 is 10.2 Å². The number of hydrogen-bond donors (Lipinski definition) is 1. The van der Waals surface area contributed by atoms with Crippen LogP contribution in [0.3, 0.4) is 0 Å². The highest BCUT2D eigenvalue weighted by Crippen LogP contribution is 2.40. The molecule has 1 aromatic carbocycles. The van der Waals surface area contributed by atoms with E-state index in [1.807, 2.05) is 26.0 Å². The summed E-state index contributed by atoms with van der Waals surface area (Å²) in [6.07, 6.45) is 3.60. The van der Waals surface area contributed by atoms with Gasteiger partial charge in [-0.3, -0.25) is 4.79 Å². The quantitative estimate of drug-likeness (QED) is 0.640. The molecule has 2 aliphatic rings. The van der Waals surface area contributed by atoms with E-state index < -0.39 is 0 Å². The van der Waals surface area contributed by atoms with Crippen LogP contribution in [0.1, 0.15) is 58.9 Å². The summed E-state index contributed by atoms with van der Waals surface area (Å²) in [6.45, 7) is 8.53. The Hall–Kier alpha value is -2.47. The van der Waals surface area contributed by atoms with Crippen LogP contribution in [0.15, 0.2) is 24.3 Å². The zero-order valence-corrected chi connectivity index (χ0v) is 18.0. The lowest BCUT2D eigenvalue weighted by Crippen LogP contribution is -2.19. The lowest BCUT2D eigenvalue weighted by Gasteiger charge is -2.18. The number of aromatic nitrogens is 2. The minimum absolute atomic E-state index is 0.0691. The van der Waals surface area contributed by atoms with Gasteiger partial charge < -0.3 is 10.2 Å². The number of hydrogen-bond acceptors (Lipinski definition) is 5. The predicted molar refractivity (Wildman–Crippen MR) is 119 cm³/mol. The first-order chi connectivity index (χ1) is 14.0. The molecule has 3 aromatic rings. The second-order valence-corrected chi connectivity index (χ2v) is 9.52. The third-order valence-corrected chi connectivity index (χ3v) is 7.24. The number of aryl methyl sites for hydroxylation is 2. The topological polar surface area (TPSA) is 58.1 Å². The van der Waals surface area contributed by atoms with Crippen molar-refractivity contribution in [3.8, 4) is 0 Å². The summed E-state index contributed by atoms with van der Waals surface area (Å²) >= 11 is 1.48. The van der Waals surface area contributed by atoms with E-state index in [4.69, 9.17) is 9.97 Å². The number of nitrogens with zero attached hydrogens (tertiary/aromatic N) is 3. The van der Waals surface area contributed by atoms with Gasteiger partial charge in [0.2, 0.25) is 0 Å². The Morgan fingerprint density at radius 3 is 2.55 bits per heavy atom. The minimum atomic E-state index is -0.0691. The summed E-state index contributed by atoms with van der Waals surface area (Å²) in [5.41, 5.74) is 4.01. The zero-order valence-electron chi connectivity index (χ0n) is 17.2. The van der Waals surface area contributed by atoms with Crippen LogP contribution in [0.25, 0.3) is 10.2 Å². The molecule has 3 heterocycles. The molecule has 0 radical (unpaired) electrons. The van der Waals surface area contributed by atoms with Crippen LogP contribution in [0.4, 0.5) is 11.4 Å². The van der Waals surface area contributed by atoms with Gasteiger partial charge in [0.15, 0.2) is 0 Å². The molecule has 5 nitrogen and oxygen atoms in total. The van der Waals surface area contributed by atoms with Gasteiger partial charge in [0, 0.05) is 35.8 Å². The molecule has 1 aliphatic heterocycles. The summed E-state index contributed by atoms with van der Waals surface area (Å²) in [6, 6.07) is 8.19. The molecule has 1 saturated heterocycles. The standard InChI is InChI=1S/C23H26N4OS/c1-13-10-11-27(12-13)18-8-6-17(7-9-18)25-22(28)20-14(2)19-15(3)24-21(16-4-5-16)26-23(19)29-20/h6-9,13,16H,4-5,10-12H2,1-3H3,(H,25,28). The van der Waals surface area contributed by atoms with Crippen molar-refractivity contribution in [2.24, 2.45) is 5.92 Å². The van der Waals surface area contributed by atoms with Crippen molar-refractivity contribution in [2.45, 2.75) is 46.0 Å². The average molecular weight is 407 g/mol. The molecule has 1 unspecified atom stereocenters. The molecule has 1 atom stereocenters. The minimum Gasteiger partial charge on any atom is -0.371 e. The van der Waals surface area contributed by atoms with Gasteiger partial charge in [-0.2, -0.15) is 0 Å². The maximum Gasteiger partial charge on any atom is 0.266 e. The van der Waals surface area contributed by atoms with Crippen molar-refractivity contribution in [1.82, 2.24) is 9.97 Å². The maximum absolute atomic E-state index is 13.0. The van der Waals surface area contributed by atoms with E-state index in [9.17, 15) is 4.79 Å². The van der Waals surface area contributed by atoms with Crippen molar-refractivity contribution < 1.29 is 4.79 Å². The highest BCUT2D eigenvalue weighted by molar-refractivity contribution is 7.20. The normalized spacial score (nSPS) is 19.1. The Labute approximate surface area is 175 Å². The fraction of sp³-hybridized carbons (Fsp3) is 0.435. The molecule has 2 aromatic heterocycles. The number of amides is 1. The molecule has 1 amide bonds. The number of rotatable bonds is 4. The largest absolute Gasteiger partial charge is 0.371 e. The number of nitrogens with one attached hydrogen (secondary N) is 1. The van der Waals surface area contributed by atoms with Gasteiger partial charge in [-0.1, -0.05) is 6.92 Å². The van der Waals surface area contributed by atoms with Gasteiger partial charge in [0.25, 0.3) is 5.91 Å². The Morgan fingerprint density at radius 2 is 1.90 bits per heavy atom. The molecule has 0 bridgehead atoms. The Bertz CT molecular complexity index is 1080. The molecule has 6 heteroatoms. The molecule has 1 N–H and O–H groups in total. The first-order valence-corrected chi connectivity index (χ1v) is 11.2. The number of carbonyl (C=O) groups excluding carboxylic acids is 1. The van der Waals surface area contributed by atoms with E-state index in [2.05, 4.69) is 29.3 Å². The molecule has 0 spiro atoms. The van der Waals surface area contributed by atoms with Crippen LogP contribution in [-0.2, 0) is 0 Å². The molecule has 2 fully saturated rings. The van der Waals surface area contributed by atoms with Gasteiger partial charge in [0.1, 0.15) is 10.7 Å². The third kappa shape index (κ3) is 3.50. The first kappa shape index (κ1) is 18.6. The number of benzene rings is 1. The van der Waals surface area contributed by atoms with E-state index in [0.29, 0.717) is 5.92 Å². The Morgan fingerprint density at radius 1 is 1.14 bits per heavy atom. The third-order valence-electron chi connectivity index (χ3n) is 6.05. The van der Waals surface area contributed by atoms with Gasteiger partial charge in [0.05, 0.1) is 10.6 Å². The average Bonchev–Trinajstić information content (AvgIpc) is 3.38. The second kappa shape index (κ2) is 7.10. The van der Waals surface area contributed by atoms with Crippen molar-refractivity contribution in [1.29, 1.82) is 0 Å². The fourth-order valence-electron chi connectivity index (χ4n) is 4.21. The summed E-state index contributed by atoms with van der Waals surface area (Å²) in [4.78, 5) is 26.5. The molecule has 5 rings (SSSR count). The van der Waals surface area contributed by atoms with Crippen molar-refractivity contribution in [3.63, 3.8) is 0 Å². The molecule has 1 aliphatic carbocycles. The Balaban J connectivity index is 1.37. The molecular formula is C23H26N4OS. The summed E-state index contributed by atoms with van der Waals surface area (Å²) in [5.74, 6) is 2.13. The van der Waals surface area contributed by atoms with E-state index in [0.717, 1.165) is 56.9 Å². The van der Waals surface area contributed by atoms with E-state index >= 15 is 0 Å². The van der Waals surface area contributed by atoms with Gasteiger partial charge in [-0.05, 0) is 68.9 Å². The van der Waals surface area contributed by atoms with E-state index in [-0.39, 0.29) is 5.91 Å². The predicted octanol–water partition coefficient (Wildman–Crippen LogP) is 5.28. The number of carbonyl (C=O) groups is 1. The van der Waals surface area contributed by atoms with Crippen LogP contribution in [0.2, 0.25) is 0 Å². The lowest BCUT2D eigenvalue weighted by molar-refractivity contribution is 0.103. The lowest BCUT2D eigenvalue weighted by atomic mass is 10.1. The van der Waals surface area contributed by atoms with Crippen molar-refractivity contribution >= 4 is 38.8 Å². The summed E-state index contributed by atoms with van der Waals surface area (Å²) in [5, 5.41) is 4.09. The van der Waals surface area contributed by atoms with Crippen LogP contribution >= 0.6 is 11.3 Å². The van der Waals surface area contributed by atoms with Gasteiger partial charge in [-0.25, -0.2) is 9.97 Å². The Kier molecular flexibility index (Phi) is 4.54. The molecule has 150 valence electrons. The van der Waals surface area contributed by atoms with Gasteiger partial charge in [-0.15, -0.1) is 11.3 Å². The van der Waals surface area contributed by atoms with Crippen LogP contribution in [0.5, 0.6) is 0 Å². The van der Waals surface area contributed by atoms with E-state index in [1.54, 1.807) is 0 Å². The van der Waals surface area contributed by atoms with Gasteiger partial charge >= 0.3 is 0 Å². The van der Waals surface area contributed by atoms with Crippen molar-refractivity contribution in [2.75, 3.05) is 23.3 Å². The molecule has 1 saturated carbocycles. The number of thiophene rings is 1.